The summed E-state index contributed by atoms with van der Waals surface area (Å²) in [6, 6.07) is 11.1. The first-order valence-electron chi connectivity index (χ1n) is 9.16. The van der Waals surface area contributed by atoms with Crippen molar-refractivity contribution in [2.24, 2.45) is 0 Å². The lowest BCUT2D eigenvalue weighted by atomic mass is 10.0. The maximum absolute atomic E-state index is 6.48. The summed E-state index contributed by atoms with van der Waals surface area (Å²) in [5.74, 6) is 2.44. The van der Waals surface area contributed by atoms with E-state index in [9.17, 15) is 0 Å². The van der Waals surface area contributed by atoms with Crippen molar-refractivity contribution in [3.63, 3.8) is 0 Å². The molecule has 2 heterocycles. The molecule has 0 radical (unpaired) electrons. The van der Waals surface area contributed by atoms with E-state index in [-0.39, 0.29) is 0 Å². The fourth-order valence-electron chi connectivity index (χ4n) is 3.54. The van der Waals surface area contributed by atoms with Gasteiger partial charge in [0, 0.05) is 22.7 Å². The summed E-state index contributed by atoms with van der Waals surface area (Å²) < 4.78 is 12.9. The molecule has 3 aromatic rings. The highest BCUT2D eigenvalue weighted by Gasteiger charge is 2.25. The molecule has 146 valence electrons. The molecule has 0 amide bonds. The number of ether oxygens (including phenoxy) is 2. The highest BCUT2D eigenvalue weighted by atomic mass is 35.5. The van der Waals surface area contributed by atoms with Gasteiger partial charge in [-0.25, -0.2) is 4.68 Å². The molecule has 0 saturated carbocycles. The quantitative estimate of drug-likeness (QED) is 0.598. The van der Waals surface area contributed by atoms with Gasteiger partial charge in [0.15, 0.2) is 0 Å². The molecule has 0 atom stereocenters. The molecule has 1 N–H and O–H groups in total. The van der Waals surface area contributed by atoms with Gasteiger partial charge in [-0.3, -0.25) is 0 Å². The second-order valence-corrected chi connectivity index (χ2v) is 7.48. The van der Waals surface area contributed by atoms with E-state index in [1.807, 2.05) is 28.9 Å². The molecular weight excluding hydrogens is 397 g/mol. The van der Waals surface area contributed by atoms with E-state index in [2.05, 4.69) is 5.32 Å². The van der Waals surface area contributed by atoms with Gasteiger partial charge in [0.25, 0.3) is 0 Å². The molecule has 1 aliphatic rings. The number of anilines is 1. The van der Waals surface area contributed by atoms with Gasteiger partial charge in [0.05, 0.1) is 24.9 Å². The predicted molar refractivity (Wildman–Crippen MR) is 114 cm³/mol. The highest BCUT2D eigenvalue weighted by molar-refractivity contribution is 6.34. The summed E-state index contributed by atoms with van der Waals surface area (Å²) in [4.78, 5) is 0. The van der Waals surface area contributed by atoms with Crippen molar-refractivity contribution in [2.75, 3.05) is 26.1 Å². The van der Waals surface area contributed by atoms with Crippen LogP contribution in [0.5, 0.6) is 11.5 Å². The number of hydrogen-bond donors (Lipinski definition) is 1. The minimum Gasteiger partial charge on any atom is -0.497 e. The molecule has 0 unspecified atom stereocenters. The van der Waals surface area contributed by atoms with Gasteiger partial charge in [0.1, 0.15) is 23.0 Å². The molecule has 28 heavy (non-hydrogen) atoms. The van der Waals surface area contributed by atoms with Crippen molar-refractivity contribution in [1.29, 1.82) is 0 Å². The maximum atomic E-state index is 6.48. The van der Waals surface area contributed by atoms with Crippen LogP contribution in [-0.2, 0) is 6.42 Å². The summed E-state index contributed by atoms with van der Waals surface area (Å²) in [5, 5.41) is 9.65. The number of nitrogens with zero attached hydrogens (tertiary/aromatic N) is 2. The van der Waals surface area contributed by atoms with Gasteiger partial charge in [-0.2, -0.15) is 5.10 Å². The zero-order valence-corrected chi connectivity index (χ0v) is 17.3. The molecular formula is C21H21Cl2N3O2. The van der Waals surface area contributed by atoms with Gasteiger partial charge >= 0.3 is 0 Å². The van der Waals surface area contributed by atoms with Crippen LogP contribution in [0.25, 0.3) is 16.9 Å². The van der Waals surface area contributed by atoms with Crippen molar-refractivity contribution in [2.45, 2.75) is 19.3 Å². The second kappa shape index (κ2) is 7.94. The average molecular weight is 418 g/mol. The Morgan fingerprint density at radius 1 is 1.04 bits per heavy atom. The van der Waals surface area contributed by atoms with Crippen LogP contribution in [0.2, 0.25) is 10.0 Å². The molecule has 0 bridgehead atoms. The van der Waals surface area contributed by atoms with Gasteiger partial charge in [-0.05, 0) is 55.7 Å². The minimum atomic E-state index is 0.588. The molecule has 5 nitrogen and oxygen atoms in total. The Balaban J connectivity index is 1.97. The minimum absolute atomic E-state index is 0.588. The highest BCUT2D eigenvalue weighted by Crippen LogP contribution is 2.40. The second-order valence-electron chi connectivity index (χ2n) is 6.63. The Labute approximate surface area is 174 Å². The summed E-state index contributed by atoms with van der Waals surface area (Å²) in [6.45, 7) is 0.881. The number of hydrogen-bond acceptors (Lipinski definition) is 4. The first kappa shape index (κ1) is 19.0. The third-order valence-corrected chi connectivity index (χ3v) is 5.48. The van der Waals surface area contributed by atoms with Crippen LogP contribution in [0, 0.1) is 0 Å². The number of benzene rings is 2. The zero-order valence-electron chi connectivity index (χ0n) is 15.8. The Morgan fingerprint density at radius 3 is 2.68 bits per heavy atom. The molecule has 0 spiro atoms. The van der Waals surface area contributed by atoms with Crippen LogP contribution < -0.4 is 14.8 Å². The third kappa shape index (κ3) is 3.40. The van der Waals surface area contributed by atoms with E-state index < -0.39 is 0 Å². The summed E-state index contributed by atoms with van der Waals surface area (Å²) in [7, 11) is 3.31. The smallest absolute Gasteiger partial charge is 0.133 e. The fourth-order valence-corrected chi connectivity index (χ4v) is 3.90. The number of methoxy groups -OCH3 is 2. The van der Waals surface area contributed by atoms with Gasteiger partial charge in [-0.1, -0.05) is 23.2 Å². The molecule has 7 heteroatoms. The molecule has 0 aliphatic carbocycles. The molecule has 0 fully saturated rings. The molecule has 0 saturated heterocycles. The zero-order chi connectivity index (χ0) is 19.7. The number of halogens is 2. The molecule has 1 aliphatic heterocycles. The Hall–Kier alpha value is -2.37. The first-order valence-corrected chi connectivity index (χ1v) is 9.91. The summed E-state index contributed by atoms with van der Waals surface area (Å²) in [5.41, 5.74) is 3.63. The van der Waals surface area contributed by atoms with E-state index in [0.29, 0.717) is 10.0 Å². The first-order chi connectivity index (χ1) is 13.6. The molecule has 4 rings (SSSR count). The van der Waals surface area contributed by atoms with E-state index in [1.54, 1.807) is 26.4 Å². The van der Waals surface area contributed by atoms with Crippen molar-refractivity contribution in [3.05, 3.63) is 52.0 Å². The van der Waals surface area contributed by atoms with Gasteiger partial charge < -0.3 is 14.8 Å². The topological polar surface area (TPSA) is 48.3 Å². The summed E-state index contributed by atoms with van der Waals surface area (Å²) >= 11 is 12.7. The number of nitrogens with one attached hydrogen (secondary N) is 1. The summed E-state index contributed by atoms with van der Waals surface area (Å²) in [6.07, 6.45) is 3.08. The molecule has 2 aromatic carbocycles. The largest absolute Gasteiger partial charge is 0.497 e. The van der Waals surface area contributed by atoms with Crippen LogP contribution in [0.15, 0.2) is 36.4 Å². The SMILES string of the molecule is COc1ccc(OC)c(-c2nn(-c3cc(Cl)ccc3Cl)c3c2CCCCN3)c1. The standard InChI is InChI=1S/C21H21Cl2N3O2/c1-27-14-7-9-19(28-2)16(12-14)20-15-5-3-4-10-24-21(15)26(25-20)18-11-13(22)6-8-17(18)23/h6-9,11-12,24H,3-5,10H2,1-2H3. The van der Waals surface area contributed by atoms with Gasteiger partial charge in [-0.15, -0.1) is 0 Å². The lowest BCUT2D eigenvalue weighted by molar-refractivity contribution is 0.404. The Bertz CT molecular complexity index is 1020. The fraction of sp³-hybridized carbons (Fsp3) is 0.286. The van der Waals surface area contributed by atoms with E-state index in [1.165, 1.54) is 0 Å². The van der Waals surface area contributed by atoms with Crippen molar-refractivity contribution < 1.29 is 9.47 Å². The number of fused-ring (bicyclic) bond motifs is 1. The average Bonchev–Trinajstić information content (AvgIpc) is 2.89. The van der Waals surface area contributed by atoms with E-state index in [4.69, 9.17) is 37.8 Å². The number of rotatable bonds is 4. The third-order valence-electron chi connectivity index (χ3n) is 4.93. The monoisotopic (exact) mass is 417 g/mol. The van der Waals surface area contributed by atoms with Crippen LogP contribution >= 0.6 is 23.2 Å². The van der Waals surface area contributed by atoms with E-state index >= 15 is 0 Å². The Morgan fingerprint density at radius 2 is 1.89 bits per heavy atom. The lowest BCUT2D eigenvalue weighted by Crippen LogP contribution is -2.07. The van der Waals surface area contributed by atoms with Crippen LogP contribution in [0.4, 0.5) is 5.82 Å². The normalized spacial score (nSPS) is 13.4. The van der Waals surface area contributed by atoms with Crippen LogP contribution in [0.3, 0.4) is 0 Å². The van der Waals surface area contributed by atoms with E-state index in [0.717, 1.165) is 65.6 Å². The number of aromatic nitrogens is 2. The van der Waals surface area contributed by atoms with Gasteiger partial charge in [0.2, 0.25) is 0 Å². The molecule has 1 aromatic heterocycles. The van der Waals surface area contributed by atoms with Crippen LogP contribution in [-0.4, -0.2) is 30.5 Å². The van der Waals surface area contributed by atoms with Crippen molar-refractivity contribution in [3.8, 4) is 28.4 Å². The van der Waals surface area contributed by atoms with Crippen molar-refractivity contribution >= 4 is 29.0 Å². The van der Waals surface area contributed by atoms with Crippen LogP contribution in [0.1, 0.15) is 18.4 Å². The lowest BCUT2D eigenvalue weighted by Gasteiger charge is -2.11. The Kier molecular flexibility index (Phi) is 5.38. The maximum Gasteiger partial charge on any atom is 0.133 e. The predicted octanol–water partition coefficient (Wildman–Crippen LogP) is 5.61. The van der Waals surface area contributed by atoms with Crippen molar-refractivity contribution in [1.82, 2.24) is 9.78 Å².